The van der Waals surface area contributed by atoms with Gasteiger partial charge in [0.1, 0.15) is 5.75 Å². The largest absolute Gasteiger partial charge is 0.507 e. The molecule has 0 unspecified atom stereocenters. The minimum atomic E-state index is 0.292. The molecule has 3 aromatic rings. The summed E-state index contributed by atoms with van der Waals surface area (Å²) in [5, 5.41) is 12.4. The van der Waals surface area contributed by atoms with E-state index in [9.17, 15) is 5.11 Å². The van der Waals surface area contributed by atoms with Crippen molar-refractivity contribution in [3.05, 3.63) is 69.3 Å². The van der Waals surface area contributed by atoms with Gasteiger partial charge in [0.15, 0.2) is 0 Å². The zero-order valence-corrected chi connectivity index (χ0v) is 13.7. The summed E-state index contributed by atoms with van der Waals surface area (Å²) in [5.74, 6) is 0.292. The lowest BCUT2D eigenvalue weighted by atomic mass is 10.1. The topological polar surface area (TPSA) is 32.6 Å². The number of phenolic OH excluding ortho intramolecular Hbond substituents is 1. The molecule has 0 aliphatic heterocycles. The van der Waals surface area contributed by atoms with Crippen molar-refractivity contribution in [2.45, 2.75) is 6.92 Å². The van der Waals surface area contributed by atoms with Gasteiger partial charge in [0.25, 0.3) is 0 Å². The minimum Gasteiger partial charge on any atom is -0.507 e. The van der Waals surface area contributed by atoms with Crippen LogP contribution in [0, 0.1) is 10.5 Å². The average molecular weight is 387 g/mol. The van der Waals surface area contributed by atoms with Crippen molar-refractivity contribution in [3.8, 4) is 5.75 Å². The molecule has 3 rings (SSSR count). The van der Waals surface area contributed by atoms with Gasteiger partial charge in [0.05, 0.1) is 5.69 Å². The molecule has 0 fully saturated rings. The van der Waals surface area contributed by atoms with Crippen LogP contribution in [0.15, 0.2) is 59.6 Å². The van der Waals surface area contributed by atoms with E-state index in [1.54, 1.807) is 6.21 Å². The lowest BCUT2D eigenvalue weighted by Crippen LogP contribution is -1.87. The molecule has 0 heterocycles. The number of nitrogens with zero attached hydrogens (tertiary/aromatic N) is 1. The number of fused-ring (bicyclic) bond motifs is 1. The lowest BCUT2D eigenvalue weighted by Gasteiger charge is -2.04. The van der Waals surface area contributed by atoms with Crippen LogP contribution in [0.5, 0.6) is 5.75 Å². The second-order valence-electron chi connectivity index (χ2n) is 4.95. The molecule has 3 heteroatoms. The van der Waals surface area contributed by atoms with E-state index in [2.05, 4.69) is 45.8 Å². The van der Waals surface area contributed by atoms with E-state index in [0.29, 0.717) is 5.75 Å². The Kier molecular flexibility index (Phi) is 3.92. The molecule has 0 spiro atoms. The van der Waals surface area contributed by atoms with Gasteiger partial charge in [-0.1, -0.05) is 30.3 Å². The van der Waals surface area contributed by atoms with Crippen LogP contribution in [0.2, 0.25) is 0 Å². The summed E-state index contributed by atoms with van der Waals surface area (Å²) in [4.78, 5) is 4.48. The fourth-order valence-electron chi connectivity index (χ4n) is 2.26. The van der Waals surface area contributed by atoms with E-state index < -0.39 is 0 Å². The van der Waals surface area contributed by atoms with Gasteiger partial charge in [-0.3, -0.25) is 4.99 Å². The number of aryl methyl sites for hydroxylation is 1. The highest BCUT2D eigenvalue weighted by Gasteiger charge is 2.04. The molecule has 0 saturated heterocycles. The van der Waals surface area contributed by atoms with Crippen molar-refractivity contribution < 1.29 is 5.11 Å². The Labute approximate surface area is 137 Å². The lowest BCUT2D eigenvalue weighted by molar-refractivity contribution is 0.470. The second-order valence-corrected chi connectivity index (χ2v) is 6.20. The summed E-state index contributed by atoms with van der Waals surface area (Å²) < 4.78 is 1.09. The molecule has 0 atom stereocenters. The van der Waals surface area contributed by atoms with Gasteiger partial charge in [-0.2, -0.15) is 0 Å². The molecule has 1 N–H and O–H groups in total. The fourth-order valence-corrected chi connectivity index (χ4v) is 3.06. The number of benzene rings is 3. The smallest absolute Gasteiger partial charge is 0.127 e. The second kappa shape index (κ2) is 5.85. The molecule has 0 bridgehead atoms. The van der Waals surface area contributed by atoms with Gasteiger partial charge < -0.3 is 5.11 Å². The van der Waals surface area contributed by atoms with Crippen LogP contribution >= 0.6 is 22.6 Å². The summed E-state index contributed by atoms with van der Waals surface area (Å²) in [6.45, 7) is 1.89. The number of rotatable bonds is 2. The Morgan fingerprint density at radius 1 is 1.00 bits per heavy atom. The number of halogens is 1. The highest BCUT2D eigenvalue weighted by molar-refractivity contribution is 14.1. The highest BCUT2D eigenvalue weighted by atomic mass is 127. The van der Waals surface area contributed by atoms with Crippen LogP contribution in [-0.2, 0) is 0 Å². The summed E-state index contributed by atoms with van der Waals surface area (Å²) >= 11 is 2.24. The van der Waals surface area contributed by atoms with E-state index in [0.717, 1.165) is 25.8 Å². The third-order valence-electron chi connectivity index (χ3n) is 3.38. The third kappa shape index (κ3) is 3.08. The van der Waals surface area contributed by atoms with Gasteiger partial charge in [0.2, 0.25) is 0 Å². The van der Waals surface area contributed by atoms with Gasteiger partial charge in [0, 0.05) is 15.3 Å². The van der Waals surface area contributed by atoms with E-state index in [4.69, 9.17) is 0 Å². The monoisotopic (exact) mass is 387 g/mol. The molecule has 21 heavy (non-hydrogen) atoms. The predicted octanol–water partition coefficient (Wildman–Crippen LogP) is 5.21. The summed E-state index contributed by atoms with van der Waals surface area (Å²) in [7, 11) is 0. The van der Waals surface area contributed by atoms with Gasteiger partial charge in [-0.15, -0.1) is 0 Å². The number of phenols is 1. The number of hydrogen-bond acceptors (Lipinski definition) is 2. The first-order valence-electron chi connectivity index (χ1n) is 6.65. The SMILES string of the molecule is Cc1cc(I)cc(C=Nc2ccc3ccccc3c2)c1O. The predicted molar refractivity (Wildman–Crippen MR) is 96.8 cm³/mol. The molecule has 0 aliphatic rings. The van der Waals surface area contributed by atoms with E-state index in [-0.39, 0.29) is 0 Å². The zero-order chi connectivity index (χ0) is 14.8. The first-order chi connectivity index (χ1) is 10.1. The zero-order valence-electron chi connectivity index (χ0n) is 11.5. The number of hydrogen-bond donors (Lipinski definition) is 1. The van der Waals surface area contributed by atoms with Crippen molar-refractivity contribution in [2.75, 3.05) is 0 Å². The molecule has 3 aromatic carbocycles. The molecule has 104 valence electrons. The average Bonchev–Trinajstić information content (AvgIpc) is 2.49. The molecule has 0 aromatic heterocycles. The van der Waals surface area contributed by atoms with Crippen molar-refractivity contribution >= 4 is 45.3 Å². The van der Waals surface area contributed by atoms with E-state index >= 15 is 0 Å². The number of aromatic hydroxyl groups is 1. The van der Waals surface area contributed by atoms with Crippen LogP contribution in [-0.4, -0.2) is 11.3 Å². The Bertz CT molecular complexity index is 840. The summed E-state index contributed by atoms with van der Waals surface area (Å²) in [6, 6.07) is 18.2. The Hall–Kier alpha value is -1.88. The first kappa shape index (κ1) is 14.1. The molecule has 0 saturated carbocycles. The first-order valence-corrected chi connectivity index (χ1v) is 7.73. The van der Waals surface area contributed by atoms with E-state index in [1.165, 1.54) is 5.39 Å². The van der Waals surface area contributed by atoms with Gasteiger partial charge >= 0.3 is 0 Å². The maximum Gasteiger partial charge on any atom is 0.127 e. The fraction of sp³-hybridized carbons (Fsp3) is 0.0556. The van der Waals surface area contributed by atoms with Gasteiger partial charge in [-0.25, -0.2) is 0 Å². The normalized spacial score (nSPS) is 11.3. The molecule has 0 radical (unpaired) electrons. The van der Waals surface area contributed by atoms with Crippen molar-refractivity contribution in [3.63, 3.8) is 0 Å². The number of aliphatic imine (C=N–C) groups is 1. The maximum atomic E-state index is 10.1. The molecular weight excluding hydrogens is 373 g/mol. The van der Waals surface area contributed by atoms with Crippen molar-refractivity contribution in [1.82, 2.24) is 0 Å². The van der Waals surface area contributed by atoms with Gasteiger partial charge in [-0.05, 0) is 70.1 Å². The van der Waals surface area contributed by atoms with Crippen LogP contribution < -0.4 is 0 Å². The van der Waals surface area contributed by atoms with Crippen LogP contribution in [0.4, 0.5) is 5.69 Å². The highest BCUT2D eigenvalue weighted by Crippen LogP contribution is 2.25. The minimum absolute atomic E-state index is 0.292. The molecule has 0 amide bonds. The summed E-state index contributed by atoms with van der Waals surface area (Å²) in [5.41, 5.74) is 2.49. The van der Waals surface area contributed by atoms with Crippen molar-refractivity contribution in [1.29, 1.82) is 0 Å². The van der Waals surface area contributed by atoms with E-state index in [1.807, 2.05) is 43.3 Å². The summed E-state index contributed by atoms with van der Waals surface area (Å²) in [6.07, 6.45) is 1.72. The Morgan fingerprint density at radius 2 is 1.76 bits per heavy atom. The van der Waals surface area contributed by atoms with Crippen LogP contribution in [0.3, 0.4) is 0 Å². The Balaban J connectivity index is 1.98. The molecule has 0 aliphatic carbocycles. The van der Waals surface area contributed by atoms with Crippen molar-refractivity contribution in [2.24, 2.45) is 4.99 Å². The van der Waals surface area contributed by atoms with Crippen LogP contribution in [0.1, 0.15) is 11.1 Å². The molecular formula is C18H14INO. The maximum absolute atomic E-state index is 10.1. The van der Waals surface area contributed by atoms with Crippen LogP contribution in [0.25, 0.3) is 10.8 Å². The third-order valence-corrected chi connectivity index (χ3v) is 4.00. The quantitative estimate of drug-likeness (QED) is 0.475. The standard InChI is InChI=1S/C18H14INO/c1-12-8-16(19)9-15(18(12)21)11-20-17-7-6-13-4-2-3-5-14(13)10-17/h2-11,21H,1H3. The molecule has 2 nitrogen and oxygen atoms in total. The Morgan fingerprint density at radius 3 is 2.57 bits per heavy atom.